The molecule has 78 valence electrons. The lowest BCUT2D eigenvalue weighted by atomic mass is 10.0. The van der Waals surface area contributed by atoms with E-state index in [2.05, 4.69) is 4.98 Å². The highest BCUT2D eigenvalue weighted by Gasteiger charge is 2.08. The summed E-state index contributed by atoms with van der Waals surface area (Å²) in [6, 6.07) is 7.86. The Kier molecular flexibility index (Phi) is 2.46. The SMILES string of the molecule is C[C@@H](Cc1c[nH]c2ccccc12)C(=O)[O-]. The van der Waals surface area contributed by atoms with Crippen LogP contribution in [0.2, 0.25) is 0 Å². The second kappa shape index (κ2) is 3.77. The Bertz CT molecular complexity index is 487. The molecule has 0 amide bonds. The van der Waals surface area contributed by atoms with Crippen LogP contribution in [-0.2, 0) is 11.2 Å². The standard InChI is InChI=1S/C12H13NO2/c1-8(12(14)15)6-9-7-13-11-5-3-2-4-10(9)11/h2-5,7-8,13H,6H2,1H3,(H,14,15)/p-1/t8-/m0/s1. The van der Waals surface area contributed by atoms with Crippen molar-refractivity contribution >= 4 is 16.9 Å². The molecule has 1 aromatic carbocycles. The van der Waals surface area contributed by atoms with Gasteiger partial charge >= 0.3 is 0 Å². The number of hydrogen-bond acceptors (Lipinski definition) is 2. The summed E-state index contributed by atoms with van der Waals surface area (Å²) in [4.78, 5) is 13.8. The molecule has 0 radical (unpaired) electrons. The number of fused-ring (bicyclic) bond motifs is 1. The van der Waals surface area contributed by atoms with Crippen LogP contribution in [0, 0.1) is 5.92 Å². The summed E-state index contributed by atoms with van der Waals surface area (Å²) in [5.74, 6) is -1.45. The van der Waals surface area contributed by atoms with Crippen LogP contribution in [0.15, 0.2) is 30.5 Å². The van der Waals surface area contributed by atoms with Gasteiger partial charge in [0.25, 0.3) is 0 Å². The number of rotatable bonds is 3. The van der Waals surface area contributed by atoms with Gasteiger partial charge < -0.3 is 14.9 Å². The Morgan fingerprint density at radius 1 is 1.47 bits per heavy atom. The number of H-pyrrole nitrogens is 1. The van der Waals surface area contributed by atoms with Crippen LogP contribution in [-0.4, -0.2) is 11.0 Å². The summed E-state index contributed by atoms with van der Waals surface area (Å²) >= 11 is 0. The van der Waals surface area contributed by atoms with Crippen molar-refractivity contribution in [3.63, 3.8) is 0 Å². The van der Waals surface area contributed by atoms with Gasteiger partial charge in [0.15, 0.2) is 0 Å². The van der Waals surface area contributed by atoms with Crippen molar-refractivity contribution < 1.29 is 9.90 Å². The predicted molar refractivity (Wildman–Crippen MR) is 56.2 cm³/mol. The third-order valence-corrected chi connectivity index (χ3v) is 2.60. The highest BCUT2D eigenvalue weighted by Crippen LogP contribution is 2.20. The maximum Gasteiger partial charge on any atom is 0.0456 e. The average molecular weight is 202 g/mol. The number of benzene rings is 1. The van der Waals surface area contributed by atoms with Gasteiger partial charge in [0.05, 0.1) is 0 Å². The number of aromatic nitrogens is 1. The molecule has 0 saturated heterocycles. The van der Waals surface area contributed by atoms with E-state index in [1.165, 1.54) is 0 Å². The van der Waals surface area contributed by atoms with Gasteiger partial charge in [-0.2, -0.15) is 0 Å². The predicted octanol–water partition coefficient (Wildman–Crippen LogP) is 1.10. The van der Waals surface area contributed by atoms with Crippen LogP contribution in [0.1, 0.15) is 12.5 Å². The zero-order valence-electron chi connectivity index (χ0n) is 8.49. The quantitative estimate of drug-likeness (QED) is 0.810. The number of carbonyl (C=O) groups excluding carboxylic acids is 1. The molecule has 0 aliphatic rings. The van der Waals surface area contributed by atoms with Crippen molar-refractivity contribution in [1.29, 1.82) is 0 Å². The van der Waals surface area contributed by atoms with Gasteiger partial charge in [-0.1, -0.05) is 25.1 Å². The molecule has 1 heterocycles. The van der Waals surface area contributed by atoms with Crippen molar-refractivity contribution in [1.82, 2.24) is 4.98 Å². The van der Waals surface area contributed by atoms with Crippen molar-refractivity contribution in [2.24, 2.45) is 5.92 Å². The molecule has 1 atom stereocenters. The van der Waals surface area contributed by atoms with Crippen LogP contribution >= 0.6 is 0 Å². The van der Waals surface area contributed by atoms with E-state index in [0.29, 0.717) is 6.42 Å². The Balaban J connectivity index is 2.32. The summed E-state index contributed by atoms with van der Waals surface area (Å²) in [5, 5.41) is 11.7. The molecular weight excluding hydrogens is 190 g/mol. The molecule has 3 nitrogen and oxygen atoms in total. The van der Waals surface area contributed by atoms with Gasteiger partial charge in [0.1, 0.15) is 0 Å². The van der Waals surface area contributed by atoms with E-state index in [-0.39, 0.29) is 0 Å². The molecule has 2 aromatic rings. The Morgan fingerprint density at radius 2 is 2.20 bits per heavy atom. The number of carboxylic acids is 1. The first-order valence-electron chi connectivity index (χ1n) is 4.94. The minimum Gasteiger partial charge on any atom is -0.550 e. The molecule has 1 aromatic heterocycles. The molecule has 0 unspecified atom stereocenters. The average Bonchev–Trinajstić information content (AvgIpc) is 2.62. The molecule has 0 fully saturated rings. The second-order valence-electron chi connectivity index (χ2n) is 3.78. The van der Waals surface area contributed by atoms with E-state index in [1.807, 2.05) is 30.5 Å². The van der Waals surface area contributed by atoms with Crippen LogP contribution in [0.25, 0.3) is 10.9 Å². The topological polar surface area (TPSA) is 55.9 Å². The van der Waals surface area contributed by atoms with Gasteiger partial charge in [-0.05, 0) is 24.0 Å². The molecule has 0 aliphatic carbocycles. The summed E-state index contributed by atoms with van der Waals surface area (Å²) in [6.45, 7) is 1.66. The first-order valence-corrected chi connectivity index (χ1v) is 4.94. The van der Waals surface area contributed by atoms with Crippen LogP contribution in [0.4, 0.5) is 0 Å². The normalized spacial score (nSPS) is 12.9. The van der Waals surface area contributed by atoms with Gasteiger partial charge in [-0.25, -0.2) is 0 Å². The molecule has 0 spiro atoms. The fourth-order valence-electron chi connectivity index (χ4n) is 1.71. The second-order valence-corrected chi connectivity index (χ2v) is 3.78. The summed E-state index contributed by atoms with van der Waals surface area (Å²) in [5.41, 5.74) is 2.07. The lowest BCUT2D eigenvalue weighted by Crippen LogP contribution is -2.30. The van der Waals surface area contributed by atoms with Gasteiger partial charge in [-0.3, -0.25) is 0 Å². The van der Waals surface area contributed by atoms with Crippen molar-refractivity contribution in [2.75, 3.05) is 0 Å². The molecule has 2 rings (SSSR count). The van der Waals surface area contributed by atoms with E-state index in [1.54, 1.807) is 6.92 Å². The van der Waals surface area contributed by atoms with Crippen LogP contribution in [0.3, 0.4) is 0 Å². The highest BCUT2D eigenvalue weighted by molar-refractivity contribution is 5.83. The van der Waals surface area contributed by atoms with Crippen LogP contribution < -0.4 is 5.11 Å². The lowest BCUT2D eigenvalue weighted by Gasteiger charge is -2.11. The molecule has 0 aliphatic heterocycles. The number of para-hydroxylation sites is 1. The van der Waals surface area contributed by atoms with E-state index >= 15 is 0 Å². The summed E-state index contributed by atoms with van der Waals surface area (Å²) in [7, 11) is 0. The molecule has 1 N–H and O–H groups in total. The minimum absolute atomic E-state index is 0.454. The largest absolute Gasteiger partial charge is 0.550 e. The van der Waals surface area contributed by atoms with E-state index in [9.17, 15) is 9.90 Å². The smallest absolute Gasteiger partial charge is 0.0456 e. The number of aromatic amines is 1. The van der Waals surface area contributed by atoms with Crippen molar-refractivity contribution in [2.45, 2.75) is 13.3 Å². The Hall–Kier alpha value is -1.77. The van der Waals surface area contributed by atoms with Crippen LogP contribution in [0.5, 0.6) is 0 Å². The highest BCUT2D eigenvalue weighted by atomic mass is 16.4. The van der Waals surface area contributed by atoms with Gasteiger partial charge in [-0.15, -0.1) is 0 Å². The fourth-order valence-corrected chi connectivity index (χ4v) is 1.71. The zero-order valence-corrected chi connectivity index (χ0v) is 8.49. The maximum atomic E-state index is 10.6. The number of carbonyl (C=O) groups is 1. The lowest BCUT2D eigenvalue weighted by molar-refractivity contribution is -0.310. The molecule has 15 heavy (non-hydrogen) atoms. The molecule has 0 saturated carbocycles. The summed E-state index contributed by atoms with van der Waals surface area (Å²) in [6.07, 6.45) is 2.37. The third-order valence-electron chi connectivity index (χ3n) is 2.60. The number of carboxylic acid groups (broad SMARTS) is 1. The number of aliphatic carboxylic acids is 1. The van der Waals surface area contributed by atoms with Crippen molar-refractivity contribution in [3.05, 3.63) is 36.0 Å². The molecular formula is C12H12NO2-. The zero-order chi connectivity index (χ0) is 10.8. The Labute approximate surface area is 87.7 Å². The number of hydrogen-bond donors (Lipinski definition) is 1. The van der Waals surface area contributed by atoms with E-state index in [0.717, 1.165) is 16.5 Å². The Morgan fingerprint density at radius 3 is 2.93 bits per heavy atom. The van der Waals surface area contributed by atoms with E-state index < -0.39 is 11.9 Å². The molecule has 0 bridgehead atoms. The minimum atomic E-state index is -1.000. The monoisotopic (exact) mass is 202 g/mol. The first-order chi connectivity index (χ1) is 7.18. The molecule has 3 heteroatoms. The maximum absolute atomic E-state index is 10.6. The number of nitrogens with one attached hydrogen (secondary N) is 1. The van der Waals surface area contributed by atoms with Gasteiger partial charge in [0, 0.05) is 23.1 Å². The van der Waals surface area contributed by atoms with Crippen molar-refractivity contribution in [3.8, 4) is 0 Å². The fraction of sp³-hybridized carbons (Fsp3) is 0.250. The first kappa shape index (κ1) is 9.77. The summed E-state index contributed by atoms with van der Waals surface area (Å²) < 4.78 is 0. The van der Waals surface area contributed by atoms with E-state index in [4.69, 9.17) is 0 Å². The van der Waals surface area contributed by atoms with Gasteiger partial charge in [0.2, 0.25) is 0 Å². The third kappa shape index (κ3) is 1.86.